The number of rotatable bonds is 6. The third-order valence-corrected chi connectivity index (χ3v) is 11.1. The summed E-state index contributed by atoms with van der Waals surface area (Å²) in [4.78, 5) is 5.19. The Morgan fingerprint density at radius 1 is 0.250 bits per heavy atom. The van der Waals surface area contributed by atoms with Crippen LogP contribution < -0.4 is 0 Å². The first-order valence-corrected chi connectivity index (χ1v) is 19.1. The van der Waals surface area contributed by atoms with Gasteiger partial charge in [-0.25, -0.2) is 4.98 Å². The molecule has 3 heteroatoms. The summed E-state index contributed by atoms with van der Waals surface area (Å²) in [6, 6.07) is 76.2. The molecule has 0 aliphatic heterocycles. The average Bonchev–Trinajstić information content (AvgIpc) is 3.79. The molecule has 0 fully saturated rings. The third kappa shape index (κ3) is 5.32. The van der Waals surface area contributed by atoms with Crippen LogP contribution in [0, 0.1) is 0 Å². The summed E-state index contributed by atoms with van der Waals surface area (Å²) in [7, 11) is 0. The summed E-state index contributed by atoms with van der Waals surface area (Å²) in [5, 5.41) is 4.98. The van der Waals surface area contributed by atoms with Crippen LogP contribution in [0.1, 0.15) is 0 Å². The largest absolute Gasteiger partial charge is 0.309 e. The maximum atomic E-state index is 5.19. The van der Waals surface area contributed by atoms with Crippen LogP contribution in [0.2, 0.25) is 0 Å². The Kier molecular flexibility index (Phi) is 7.49. The fourth-order valence-corrected chi connectivity index (χ4v) is 8.45. The second-order valence-corrected chi connectivity index (χ2v) is 14.4. The summed E-state index contributed by atoms with van der Waals surface area (Å²) < 4.78 is 4.77. The zero-order valence-electron chi connectivity index (χ0n) is 30.5. The number of benzene rings is 8. The average molecular weight is 714 g/mol. The van der Waals surface area contributed by atoms with Gasteiger partial charge in [-0.1, -0.05) is 146 Å². The van der Waals surface area contributed by atoms with Crippen LogP contribution in [0.3, 0.4) is 0 Å². The summed E-state index contributed by atoms with van der Waals surface area (Å²) in [5.74, 6) is 0. The summed E-state index contributed by atoms with van der Waals surface area (Å²) in [6.45, 7) is 0. The van der Waals surface area contributed by atoms with Gasteiger partial charge in [-0.2, -0.15) is 0 Å². The van der Waals surface area contributed by atoms with Gasteiger partial charge in [0, 0.05) is 44.0 Å². The number of para-hydroxylation sites is 3. The van der Waals surface area contributed by atoms with Crippen molar-refractivity contribution < 1.29 is 0 Å². The van der Waals surface area contributed by atoms with E-state index in [4.69, 9.17) is 4.98 Å². The van der Waals surface area contributed by atoms with E-state index < -0.39 is 0 Å². The van der Waals surface area contributed by atoms with Crippen molar-refractivity contribution in [2.75, 3.05) is 0 Å². The van der Waals surface area contributed by atoms with Crippen molar-refractivity contribution in [3.63, 3.8) is 0 Å². The SMILES string of the molecule is c1ccc(-c2cc(-c3ccccc3)nc(-c3ccc(-n4c5ccccc5c5ccc(-c6ccc7c(c6)c6ccccc6n7-c6ccccc6)cc54)cc3)c2)cc1. The molecule has 0 atom stereocenters. The molecule has 0 amide bonds. The highest BCUT2D eigenvalue weighted by Gasteiger charge is 2.17. The van der Waals surface area contributed by atoms with E-state index in [0.717, 1.165) is 33.8 Å². The molecule has 0 saturated carbocycles. The van der Waals surface area contributed by atoms with Crippen molar-refractivity contribution in [1.82, 2.24) is 14.1 Å². The van der Waals surface area contributed by atoms with Crippen LogP contribution in [0.5, 0.6) is 0 Å². The molecule has 8 aromatic carbocycles. The van der Waals surface area contributed by atoms with Crippen LogP contribution in [0.15, 0.2) is 212 Å². The molecule has 0 saturated heterocycles. The van der Waals surface area contributed by atoms with E-state index in [1.165, 1.54) is 66.0 Å². The Morgan fingerprint density at radius 3 is 1.38 bits per heavy atom. The Balaban J connectivity index is 1.03. The fraction of sp³-hybridized carbons (Fsp3) is 0. The molecular formula is C53H35N3. The van der Waals surface area contributed by atoms with Crippen molar-refractivity contribution in [3.8, 4) is 56.1 Å². The number of nitrogens with zero attached hydrogens (tertiary/aromatic N) is 3. The first kappa shape index (κ1) is 32.0. The lowest BCUT2D eigenvalue weighted by Gasteiger charge is -2.12. The number of hydrogen-bond acceptors (Lipinski definition) is 1. The van der Waals surface area contributed by atoms with Crippen LogP contribution in [0.25, 0.3) is 99.8 Å². The molecule has 0 spiro atoms. The molecule has 0 unspecified atom stereocenters. The van der Waals surface area contributed by atoms with Crippen LogP contribution in [-0.4, -0.2) is 14.1 Å². The number of fused-ring (bicyclic) bond motifs is 6. The van der Waals surface area contributed by atoms with Gasteiger partial charge in [0.05, 0.1) is 33.5 Å². The van der Waals surface area contributed by atoms with E-state index >= 15 is 0 Å². The molecule has 3 nitrogen and oxygen atoms in total. The highest BCUT2D eigenvalue weighted by atomic mass is 15.0. The molecule has 56 heavy (non-hydrogen) atoms. The molecule has 0 aliphatic carbocycles. The minimum Gasteiger partial charge on any atom is -0.309 e. The second kappa shape index (κ2) is 13.1. The molecule has 0 aliphatic rings. The van der Waals surface area contributed by atoms with Crippen molar-refractivity contribution in [3.05, 3.63) is 212 Å². The van der Waals surface area contributed by atoms with Crippen molar-refractivity contribution >= 4 is 43.6 Å². The van der Waals surface area contributed by atoms with Crippen molar-refractivity contribution in [1.29, 1.82) is 0 Å². The molecular weight excluding hydrogens is 679 g/mol. The standard InChI is InChI=1S/C53H35N3/c1-4-14-36(15-5-1)41-33-48(37-16-6-2-7-17-37)54-49(34-41)38-24-28-43(29-25-38)56-50-22-12-10-20-44(50)46-30-26-40(35-53(46)56)39-27-31-52-47(32-39)45-21-11-13-23-51(45)55(52)42-18-8-3-9-19-42/h1-35H. The van der Waals surface area contributed by atoms with Crippen molar-refractivity contribution in [2.45, 2.75) is 0 Å². The maximum absolute atomic E-state index is 5.19. The van der Waals surface area contributed by atoms with Gasteiger partial charge >= 0.3 is 0 Å². The van der Waals surface area contributed by atoms with E-state index in [0.29, 0.717) is 0 Å². The van der Waals surface area contributed by atoms with Crippen LogP contribution in [0.4, 0.5) is 0 Å². The van der Waals surface area contributed by atoms with Crippen LogP contribution in [-0.2, 0) is 0 Å². The minimum atomic E-state index is 0.949. The minimum absolute atomic E-state index is 0.949. The summed E-state index contributed by atoms with van der Waals surface area (Å²) >= 11 is 0. The molecule has 3 heterocycles. The fourth-order valence-electron chi connectivity index (χ4n) is 8.45. The van der Waals surface area contributed by atoms with Crippen molar-refractivity contribution in [2.24, 2.45) is 0 Å². The van der Waals surface area contributed by atoms with Crippen LogP contribution >= 0.6 is 0 Å². The van der Waals surface area contributed by atoms with E-state index in [-0.39, 0.29) is 0 Å². The first-order chi connectivity index (χ1) is 27.8. The monoisotopic (exact) mass is 713 g/mol. The molecule has 11 aromatic rings. The van der Waals surface area contributed by atoms with E-state index in [1.807, 2.05) is 6.07 Å². The van der Waals surface area contributed by atoms with Gasteiger partial charge in [-0.05, 0) is 89.0 Å². The molecule has 0 radical (unpaired) electrons. The molecule has 3 aromatic heterocycles. The number of pyridine rings is 1. The van der Waals surface area contributed by atoms with E-state index in [1.54, 1.807) is 0 Å². The number of hydrogen-bond donors (Lipinski definition) is 0. The Hall–Kier alpha value is -7.49. The molecule has 0 bridgehead atoms. The first-order valence-electron chi connectivity index (χ1n) is 19.1. The highest BCUT2D eigenvalue weighted by Crippen LogP contribution is 2.39. The highest BCUT2D eigenvalue weighted by molar-refractivity contribution is 6.12. The Labute approximate surface area is 325 Å². The smallest absolute Gasteiger partial charge is 0.0715 e. The molecule has 0 N–H and O–H groups in total. The van der Waals surface area contributed by atoms with Gasteiger partial charge in [0.2, 0.25) is 0 Å². The quantitative estimate of drug-likeness (QED) is 0.168. The zero-order valence-corrected chi connectivity index (χ0v) is 30.5. The third-order valence-electron chi connectivity index (χ3n) is 11.1. The zero-order chi connectivity index (χ0) is 37.0. The summed E-state index contributed by atoms with van der Waals surface area (Å²) in [5.41, 5.74) is 15.9. The van der Waals surface area contributed by atoms with E-state index in [9.17, 15) is 0 Å². The maximum Gasteiger partial charge on any atom is 0.0715 e. The topological polar surface area (TPSA) is 22.8 Å². The lowest BCUT2D eigenvalue weighted by atomic mass is 10.00. The van der Waals surface area contributed by atoms with Gasteiger partial charge in [0.25, 0.3) is 0 Å². The lowest BCUT2D eigenvalue weighted by molar-refractivity contribution is 1.18. The lowest BCUT2D eigenvalue weighted by Crippen LogP contribution is -1.95. The predicted molar refractivity (Wildman–Crippen MR) is 235 cm³/mol. The molecule has 262 valence electrons. The van der Waals surface area contributed by atoms with Gasteiger partial charge in [0.1, 0.15) is 0 Å². The van der Waals surface area contributed by atoms with Gasteiger partial charge in [0.15, 0.2) is 0 Å². The Bertz CT molecular complexity index is 3150. The number of aromatic nitrogens is 3. The second-order valence-electron chi connectivity index (χ2n) is 14.4. The van der Waals surface area contributed by atoms with E-state index in [2.05, 4.69) is 215 Å². The van der Waals surface area contributed by atoms with Gasteiger partial charge < -0.3 is 9.13 Å². The van der Waals surface area contributed by atoms with Gasteiger partial charge in [-0.3, -0.25) is 0 Å². The van der Waals surface area contributed by atoms with Gasteiger partial charge in [-0.15, -0.1) is 0 Å². The Morgan fingerprint density at radius 2 is 0.696 bits per heavy atom. The predicted octanol–water partition coefficient (Wildman–Crippen LogP) is 13.9. The summed E-state index contributed by atoms with van der Waals surface area (Å²) in [6.07, 6.45) is 0. The normalized spacial score (nSPS) is 11.6. The molecule has 11 rings (SSSR count).